The average Bonchev–Trinajstić information content (AvgIpc) is 1.37. The Hall–Kier alpha value is -0.590. The third-order valence-electron chi connectivity index (χ3n) is 0.118. The van der Waals surface area contributed by atoms with Crippen LogP contribution in [0.5, 0.6) is 0 Å². The van der Waals surface area contributed by atoms with Crippen molar-refractivity contribution in [2.24, 2.45) is 0 Å². The fourth-order valence-electron chi connectivity index (χ4n) is 0. The summed E-state index contributed by atoms with van der Waals surface area (Å²) in [5.41, 5.74) is 0. The Morgan fingerprint density at radius 2 is 2.00 bits per heavy atom. The van der Waals surface area contributed by atoms with Gasteiger partial charge in [-0.25, -0.2) is 4.79 Å². The maximum Gasteiger partial charge on any atom is 0.119 e. The standard InChI is InChI=1S/C3H4O.H2O/c1-2-3-4;/h2H,1H3;1H2. The van der Waals surface area contributed by atoms with E-state index in [1.54, 1.807) is 12.9 Å². The third-order valence-corrected chi connectivity index (χ3v) is 0.118. The zero-order chi connectivity index (χ0) is 3.41. The normalized spacial score (nSPS) is 3.40. The quantitative estimate of drug-likeness (QED) is 0.359. The van der Waals surface area contributed by atoms with Gasteiger partial charge in [0.15, 0.2) is 0 Å². The Morgan fingerprint density at radius 1 is 1.80 bits per heavy atom. The molecular formula is C3H6O2. The van der Waals surface area contributed by atoms with E-state index in [0.717, 1.165) is 0 Å². The van der Waals surface area contributed by atoms with Crippen molar-refractivity contribution >= 4 is 5.94 Å². The molecule has 2 N–H and O–H groups in total. The van der Waals surface area contributed by atoms with E-state index < -0.39 is 0 Å². The Bertz CT molecular complexity index is 42.9. The molecule has 2 heteroatoms. The van der Waals surface area contributed by atoms with E-state index in [2.05, 4.69) is 0 Å². The second-order valence-electron chi connectivity index (χ2n) is 0.407. The first-order valence-electron chi connectivity index (χ1n) is 1.07. The Morgan fingerprint density at radius 3 is 2.00 bits per heavy atom. The van der Waals surface area contributed by atoms with Gasteiger partial charge < -0.3 is 5.48 Å². The Kier molecular flexibility index (Phi) is 17.6. The van der Waals surface area contributed by atoms with Gasteiger partial charge in [-0.1, -0.05) is 0 Å². The smallest absolute Gasteiger partial charge is 0.119 e. The lowest BCUT2D eigenvalue weighted by molar-refractivity contribution is 0.568. The van der Waals surface area contributed by atoms with Crippen molar-refractivity contribution < 1.29 is 10.3 Å². The fraction of sp³-hybridized carbons (Fsp3) is 0.333. The number of hydrogen-bond donors (Lipinski definition) is 0. The molecule has 0 radical (unpaired) electrons. The lowest BCUT2D eigenvalue weighted by Gasteiger charge is -1.31. The molecule has 0 aromatic carbocycles. The van der Waals surface area contributed by atoms with Crippen molar-refractivity contribution in [3.05, 3.63) is 6.08 Å². The van der Waals surface area contributed by atoms with E-state index in [0.29, 0.717) is 0 Å². The Balaban J connectivity index is 0. The summed E-state index contributed by atoms with van der Waals surface area (Å²) in [7, 11) is 0. The zero-order valence-electron chi connectivity index (χ0n) is 2.99. The molecule has 0 fully saturated rings. The zero-order valence-corrected chi connectivity index (χ0v) is 2.99. The van der Waals surface area contributed by atoms with Gasteiger partial charge in [0.2, 0.25) is 0 Å². The molecule has 0 bridgehead atoms. The van der Waals surface area contributed by atoms with E-state index >= 15 is 0 Å². The highest BCUT2D eigenvalue weighted by Gasteiger charge is 1.31. The van der Waals surface area contributed by atoms with E-state index in [1.807, 2.05) is 0 Å². The van der Waals surface area contributed by atoms with Gasteiger partial charge in [-0.3, -0.25) is 0 Å². The van der Waals surface area contributed by atoms with Crippen LogP contribution >= 0.6 is 0 Å². The third kappa shape index (κ3) is 40.3. The fourth-order valence-corrected chi connectivity index (χ4v) is 0. The summed E-state index contributed by atoms with van der Waals surface area (Å²) in [6.07, 6.45) is 1.32. The van der Waals surface area contributed by atoms with Gasteiger partial charge in [0.1, 0.15) is 5.94 Å². The molecule has 0 heterocycles. The highest BCUT2D eigenvalue weighted by atomic mass is 16.1. The summed E-state index contributed by atoms with van der Waals surface area (Å²) in [5, 5.41) is 0. The summed E-state index contributed by atoms with van der Waals surface area (Å²) in [6, 6.07) is 0. The van der Waals surface area contributed by atoms with Gasteiger partial charge in [-0.15, -0.1) is 0 Å². The molecule has 30 valence electrons. The molecule has 0 aromatic rings. The van der Waals surface area contributed by atoms with Crippen LogP contribution in [0.4, 0.5) is 0 Å². The van der Waals surface area contributed by atoms with Gasteiger partial charge in [-0.05, 0) is 13.0 Å². The van der Waals surface area contributed by atoms with Crippen LogP contribution in [-0.4, -0.2) is 11.4 Å². The summed E-state index contributed by atoms with van der Waals surface area (Å²) in [6.45, 7) is 1.63. The lowest BCUT2D eigenvalue weighted by atomic mass is 10.8. The SMILES string of the molecule is CC=C=O.O. The highest BCUT2D eigenvalue weighted by Crippen LogP contribution is 1.36. The second kappa shape index (κ2) is 9.96. The first-order chi connectivity index (χ1) is 1.91. The maximum atomic E-state index is 8.99. The van der Waals surface area contributed by atoms with Gasteiger partial charge in [-0.2, -0.15) is 0 Å². The molecule has 0 aliphatic carbocycles. The van der Waals surface area contributed by atoms with Crippen LogP contribution in [0.1, 0.15) is 6.92 Å². The molecule has 0 amide bonds. The van der Waals surface area contributed by atoms with Gasteiger partial charge in [0, 0.05) is 0 Å². The molecule has 5 heavy (non-hydrogen) atoms. The molecule has 0 saturated heterocycles. The molecule has 0 saturated carbocycles. The van der Waals surface area contributed by atoms with Crippen LogP contribution in [0.3, 0.4) is 0 Å². The summed E-state index contributed by atoms with van der Waals surface area (Å²) >= 11 is 0. The van der Waals surface area contributed by atoms with E-state index in [-0.39, 0.29) is 5.48 Å². The molecule has 0 aromatic heterocycles. The predicted octanol–water partition coefficient (Wildman–Crippen LogP) is -0.431. The minimum Gasteiger partial charge on any atom is -0.412 e. The highest BCUT2D eigenvalue weighted by molar-refractivity contribution is 5.43. The first kappa shape index (κ1) is 8.83. The number of carbonyl (C=O) groups excluding carboxylic acids is 1. The second-order valence-corrected chi connectivity index (χ2v) is 0.407. The average molecular weight is 74.1 g/mol. The number of allylic oxidation sites excluding steroid dienone is 1. The molecule has 0 aliphatic heterocycles. The van der Waals surface area contributed by atoms with Gasteiger partial charge in [0.05, 0.1) is 0 Å². The van der Waals surface area contributed by atoms with Crippen molar-refractivity contribution in [3.63, 3.8) is 0 Å². The minimum atomic E-state index is 0. The van der Waals surface area contributed by atoms with Crippen molar-refractivity contribution in [1.82, 2.24) is 0 Å². The molecule has 0 aliphatic rings. The van der Waals surface area contributed by atoms with Crippen molar-refractivity contribution in [2.45, 2.75) is 6.92 Å². The maximum absolute atomic E-state index is 8.99. The largest absolute Gasteiger partial charge is 0.412 e. The van der Waals surface area contributed by atoms with Gasteiger partial charge >= 0.3 is 0 Å². The molecule has 2 nitrogen and oxygen atoms in total. The molecular weight excluding hydrogens is 68.0 g/mol. The Labute approximate surface area is 30.4 Å². The van der Waals surface area contributed by atoms with Crippen molar-refractivity contribution in [1.29, 1.82) is 0 Å². The molecule has 0 unspecified atom stereocenters. The van der Waals surface area contributed by atoms with Crippen LogP contribution in [-0.2, 0) is 4.79 Å². The summed E-state index contributed by atoms with van der Waals surface area (Å²) < 4.78 is 0. The summed E-state index contributed by atoms with van der Waals surface area (Å²) in [5.74, 6) is 1.56. The topological polar surface area (TPSA) is 48.6 Å². The predicted molar refractivity (Wildman–Crippen MR) is 19.6 cm³/mol. The van der Waals surface area contributed by atoms with Crippen LogP contribution in [0.2, 0.25) is 0 Å². The first-order valence-corrected chi connectivity index (χ1v) is 1.07. The minimum absolute atomic E-state index is 0. The van der Waals surface area contributed by atoms with Gasteiger partial charge in [0.25, 0.3) is 0 Å². The van der Waals surface area contributed by atoms with Crippen LogP contribution in [0.15, 0.2) is 6.08 Å². The van der Waals surface area contributed by atoms with Crippen molar-refractivity contribution in [2.75, 3.05) is 0 Å². The van der Waals surface area contributed by atoms with E-state index in [9.17, 15) is 0 Å². The van der Waals surface area contributed by atoms with Crippen LogP contribution in [0, 0.1) is 0 Å². The number of hydrogen-bond acceptors (Lipinski definition) is 1. The van der Waals surface area contributed by atoms with Crippen LogP contribution < -0.4 is 0 Å². The van der Waals surface area contributed by atoms with E-state index in [1.165, 1.54) is 6.08 Å². The number of rotatable bonds is 0. The van der Waals surface area contributed by atoms with Crippen LogP contribution in [0.25, 0.3) is 0 Å². The monoisotopic (exact) mass is 74.0 g/mol. The molecule has 0 rings (SSSR count). The lowest BCUT2D eigenvalue weighted by Crippen LogP contribution is -1.32. The molecule has 0 spiro atoms. The van der Waals surface area contributed by atoms with E-state index in [4.69, 9.17) is 4.79 Å². The summed E-state index contributed by atoms with van der Waals surface area (Å²) in [4.78, 5) is 8.99. The van der Waals surface area contributed by atoms with Crippen molar-refractivity contribution in [3.8, 4) is 0 Å². The molecule has 0 atom stereocenters.